The van der Waals surface area contributed by atoms with Gasteiger partial charge in [-0.15, -0.1) is 0 Å². The van der Waals surface area contributed by atoms with Gasteiger partial charge in [0.2, 0.25) is 17.7 Å². The van der Waals surface area contributed by atoms with Crippen molar-refractivity contribution in [2.45, 2.75) is 64.2 Å². The van der Waals surface area contributed by atoms with Crippen molar-refractivity contribution in [2.75, 3.05) is 6.54 Å². The number of aliphatic imine (C=N–C) groups is 1. The Hall–Kier alpha value is -4.12. The van der Waals surface area contributed by atoms with E-state index in [4.69, 9.17) is 22.9 Å². The molecule has 3 amide bonds. The number of fused-ring (bicyclic) bond motifs is 1. The van der Waals surface area contributed by atoms with Crippen LogP contribution in [0.25, 0.3) is 0 Å². The molecule has 0 aromatic heterocycles. The Kier molecular flexibility index (Phi) is 9.30. The van der Waals surface area contributed by atoms with Crippen LogP contribution in [0.1, 0.15) is 40.7 Å². The van der Waals surface area contributed by atoms with Crippen LogP contribution < -0.4 is 28.3 Å². The van der Waals surface area contributed by atoms with Gasteiger partial charge in [0.1, 0.15) is 17.8 Å². The van der Waals surface area contributed by atoms with Crippen molar-refractivity contribution in [3.05, 3.63) is 64.2 Å². The number of carbonyl (C=O) groups excluding carboxylic acids is 3. The lowest BCUT2D eigenvalue weighted by Crippen LogP contribution is -2.59. The normalized spacial score (nSPS) is 16.2. The van der Waals surface area contributed by atoms with E-state index in [0.29, 0.717) is 6.42 Å². The Bertz CT molecular complexity index is 1200. The molecule has 0 saturated heterocycles. The first kappa shape index (κ1) is 28.5. The first-order valence-electron chi connectivity index (χ1n) is 12.5. The van der Waals surface area contributed by atoms with Gasteiger partial charge in [-0.3, -0.25) is 19.4 Å². The summed E-state index contributed by atoms with van der Waals surface area (Å²) in [5, 5.41) is 12.6. The van der Waals surface area contributed by atoms with E-state index in [0.717, 1.165) is 27.8 Å². The Labute approximate surface area is 222 Å². The standard InChI is InChI=1S/C27H37N7O4/c1-15-10-19(35)11-16(2)20(15)13-21(28)26(38)34-14-18-7-4-3-6-17(18)12-23(34)25(37)33-22(24(29)36)8-5-9-32-27(30)31/h3-4,6-7,10-11,21-23,35H,5,8-9,12-14,28H2,1-2H3,(H2,29,36)(H,33,37)(H4,30,31,32)/t21-,22-,23-/m0/s1. The Balaban J connectivity index is 1.81. The SMILES string of the molecule is Cc1cc(O)cc(C)c1C[C@H](N)C(=O)N1Cc2ccccc2C[C@H]1C(=O)N[C@@H](CCCN=C(N)N)C(N)=O. The van der Waals surface area contributed by atoms with Gasteiger partial charge in [-0.05, 0) is 73.1 Å². The number of aryl methyl sites for hydroxylation is 2. The molecule has 3 atom stereocenters. The van der Waals surface area contributed by atoms with Gasteiger partial charge >= 0.3 is 0 Å². The second-order valence-corrected chi connectivity index (χ2v) is 9.74. The molecule has 1 heterocycles. The number of amides is 3. The summed E-state index contributed by atoms with van der Waals surface area (Å²) in [4.78, 5) is 44.5. The number of phenolic OH excluding ortho intramolecular Hbond substituents is 1. The van der Waals surface area contributed by atoms with Crippen molar-refractivity contribution in [3.8, 4) is 5.75 Å². The number of hydrogen-bond acceptors (Lipinski definition) is 6. The van der Waals surface area contributed by atoms with Crippen LogP contribution >= 0.6 is 0 Å². The average molecular weight is 524 g/mol. The molecule has 0 unspecified atom stereocenters. The number of hydrogen-bond donors (Lipinski definition) is 6. The lowest BCUT2D eigenvalue weighted by molar-refractivity contribution is -0.143. The third-order valence-electron chi connectivity index (χ3n) is 6.86. The summed E-state index contributed by atoms with van der Waals surface area (Å²) in [6.07, 6.45) is 1.20. The number of rotatable bonds is 10. The van der Waals surface area contributed by atoms with Crippen molar-refractivity contribution in [2.24, 2.45) is 27.9 Å². The van der Waals surface area contributed by atoms with E-state index in [-0.39, 0.29) is 50.0 Å². The molecule has 0 aliphatic carbocycles. The smallest absolute Gasteiger partial charge is 0.243 e. The maximum Gasteiger partial charge on any atom is 0.243 e. The zero-order valence-corrected chi connectivity index (χ0v) is 21.8. The number of guanidine groups is 1. The van der Waals surface area contributed by atoms with Gasteiger partial charge in [0, 0.05) is 19.5 Å². The monoisotopic (exact) mass is 523 g/mol. The predicted molar refractivity (Wildman–Crippen MR) is 145 cm³/mol. The van der Waals surface area contributed by atoms with E-state index >= 15 is 0 Å². The van der Waals surface area contributed by atoms with E-state index in [9.17, 15) is 19.5 Å². The Morgan fingerprint density at radius 1 is 1.11 bits per heavy atom. The fourth-order valence-electron chi connectivity index (χ4n) is 4.86. The average Bonchev–Trinajstić information content (AvgIpc) is 2.86. The lowest BCUT2D eigenvalue weighted by atomic mass is 9.91. The summed E-state index contributed by atoms with van der Waals surface area (Å²) >= 11 is 0. The highest BCUT2D eigenvalue weighted by atomic mass is 16.3. The van der Waals surface area contributed by atoms with Gasteiger partial charge in [0.05, 0.1) is 6.04 Å². The maximum atomic E-state index is 13.7. The number of aromatic hydroxyl groups is 1. The summed E-state index contributed by atoms with van der Waals surface area (Å²) < 4.78 is 0. The fraction of sp³-hybridized carbons (Fsp3) is 0.407. The van der Waals surface area contributed by atoms with Crippen molar-refractivity contribution in [1.29, 1.82) is 0 Å². The number of phenols is 1. The van der Waals surface area contributed by atoms with Crippen LogP contribution in [0.5, 0.6) is 5.75 Å². The van der Waals surface area contributed by atoms with Crippen LogP contribution in [0.2, 0.25) is 0 Å². The number of benzene rings is 2. The molecular weight excluding hydrogens is 486 g/mol. The Morgan fingerprint density at radius 2 is 1.74 bits per heavy atom. The molecule has 0 spiro atoms. The highest BCUT2D eigenvalue weighted by molar-refractivity contribution is 5.93. The van der Waals surface area contributed by atoms with Gasteiger partial charge in [0.25, 0.3) is 0 Å². The summed E-state index contributed by atoms with van der Waals surface area (Å²) in [6.45, 7) is 4.20. The minimum atomic E-state index is -0.943. The fourth-order valence-corrected chi connectivity index (χ4v) is 4.86. The van der Waals surface area contributed by atoms with Crippen LogP contribution in [-0.4, -0.2) is 58.4 Å². The van der Waals surface area contributed by atoms with Crippen LogP contribution in [-0.2, 0) is 33.8 Å². The van der Waals surface area contributed by atoms with Gasteiger partial charge in [-0.1, -0.05) is 24.3 Å². The number of nitrogens with zero attached hydrogens (tertiary/aromatic N) is 2. The van der Waals surface area contributed by atoms with Gasteiger partial charge in [-0.2, -0.15) is 0 Å². The molecule has 11 heteroatoms. The van der Waals surface area contributed by atoms with Crippen LogP contribution in [0.15, 0.2) is 41.4 Å². The molecule has 3 rings (SSSR count). The highest BCUT2D eigenvalue weighted by Crippen LogP contribution is 2.26. The van der Waals surface area contributed by atoms with Gasteiger partial charge in [0.15, 0.2) is 5.96 Å². The molecular formula is C27H37N7O4. The van der Waals surface area contributed by atoms with E-state index in [1.165, 1.54) is 4.90 Å². The molecule has 2 aromatic carbocycles. The zero-order chi connectivity index (χ0) is 28.0. The molecule has 1 aliphatic rings. The zero-order valence-electron chi connectivity index (χ0n) is 21.8. The number of primary amides is 1. The van der Waals surface area contributed by atoms with Crippen molar-refractivity contribution in [3.63, 3.8) is 0 Å². The van der Waals surface area contributed by atoms with E-state index < -0.39 is 29.9 Å². The lowest BCUT2D eigenvalue weighted by Gasteiger charge is -2.38. The molecule has 204 valence electrons. The summed E-state index contributed by atoms with van der Waals surface area (Å²) in [5.74, 6) is -1.46. The van der Waals surface area contributed by atoms with E-state index in [1.54, 1.807) is 12.1 Å². The summed E-state index contributed by atoms with van der Waals surface area (Å²) in [7, 11) is 0. The first-order valence-corrected chi connectivity index (χ1v) is 12.5. The molecule has 2 aromatic rings. The second kappa shape index (κ2) is 12.4. The highest BCUT2D eigenvalue weighted by Gasteiger charge is 2.37. The van der Waals surface area contributed by atoms with Crippen LogP contribution in [0.4, 0.5) is 0 Å². The summed E-state index contributed by atoms with van der Waals surface area (Å²) in [6, 6.07) is 8.12. The predicted octanol–water partition coefficient (Wildman–Crippen LogP) is -0.144. The minimum absolute atomic E-state index is 0.0614. The van der Waals surface area contributed by atoms with Crippen molar-refractivity contribution >= 4 is 23.7 Å². The van der Waals surface area contributed by atoms with E-state index in [1.807, 2.05) is 38.1 Å². The largest absolute Gasteiger partial charge is 0.508 e. The summed E-state index contributed by atoms with van der Waals surface area (Å²) in [5.41, 5.74) is 27.0. The second-order valence-electron chi connectivity index (χ2n) is 9.74. The molecule has 1 aliphatic heterocycles. The molecule has 38 heavy (non-hydrogen) atoms. The minimum Gasteiger partial charge on any atom is -0.508 e. The topological polar surface area (TPSA) is 203 Å². The van der Waals surface area contributed by atoms with Crippen LogP contribution in [0.3, 0.4) is 0 Å². The third-order valence-corrected chi connectivity index (χ3v) is 6.86. The quantitative estimate of drug-likeness (QED) is 0.141. The number of nitrogens with one attached hydrogen (secondary N) is 1. The van der Waals surface area contributed by atoms with Gasteiger partial charge < -0.3 is 38.3 Å². The molecule has 0 bridgehead atoms. The molecule has 0 saturated carbocycles. The maximum absolute atomic E-state index is 13.7. The number of carbonyl (C=O) groups is 3. The third kappa shape index (κ3) is 7.00. The molecule has 11 nitrogen and oxygen atoms in total. The van der Waals surface area contributed by atoms with E-state index in [2.05, 4.69) is 10.3 Å². The number of nitrogens with two attached hydrogens (primary N) is 4. The van der Waals surface area contributed by atoms with Crippen LogP contribution in [0, 0.1) is 13.8 Å². The van der Waals surface area contributed by atoms with Gasteiger partial charge in [-0.25, -0.2) is 0 Å². The molecule has 10 N–H and O–H groups in total. The first-order chi connectivity index (χ1) is 18.0. The van der Waals surface area contributed by atoms with Crippen molar-refractivity contribution < 1.29 is 19.5 Å². The van der Waals surface area contributed by atoms with Crippen molar-refractivity contribution in [1.82, 2.24) is 10.2 Å². The Morgan fingerprint density at radius 3 is 2.34 bits per heavy atom. The molecule has 0 radical (unpaired) electrons. The molecule has 0 fully saturated rings.